The van der Waals surface area contributed by atoms with Crippen molar-refractivity contribution in [1.29, 1.82) is 0 Å². The zero-order valence-corrected chi connectivity index (χ0v) is 13.7. The summed E-state index contributed by atoms with van der Waals surface area (Å²) in [6.45, 7) is 0.682. The van der Waals surface area contributed by atoms with E-state index >= 15 is 0 Å². The molecule has 0 saturated carbocycles. The number of carbonyl (C=O) groups excluding carboxylic acids is 2. The lowest BCUT2D eigenvalue weighted by Gasteiger charge is -2.20. The first-order chi connectivity index (χ1) is 11.2. The number of methoxy groups -OCH3 is 1. The van der Waals surface area contributed by atoms with Gasteiger partial charge in [-0.15, -0.1) is 11.3 Å². The summed E-state index contributed by atoms with van der Waals surface area (Å²) in [7, 11) is 1.58. The quantitative estimate of drug-likeness (QED) is 0.916. The lowest BCUT2D eigenvalue weighted by Crippen LogP contribution is -2.24. The highest BCUT2D eigenvalue weighted by Crippen LogP contribution is 2.34. The summed E-state index contributed by atoms with van der Waals surface area (Å²) in [4.78, 5) is 26.8. The van der Waals surface area contributed by atoms with Crippen molar-refractivity contribution in [3.63, 3.8) is 0 Å². The predicted molar refractivity (Wildman–Crippen MR) is 91.2 cm³/mol. The lowest BCUT2D eigenvalue weighted by molar-refractivity contribution is -0.117. The Labute approximate surface area is 138 Å². The summed E-state index contributed by atoms with van der Waals surface area (Å²) < 4.78 is 5.35. The molecule has 2 amide bonds. The van der Waals surface area contributed by atoms with Gasteiger partial charge in [-0.2, -0.15) is 0 Å². The van der Waals surface area contributed by atoms with Crippen LogP contribution in [0.5, 0.6) is 5.75 Å². The van der Waals surface area contributed by atoms with Crippen molar-refractivity contribution >= 4 is 34.5 Å². The fraction of sp³-hybridized carbons (Fsp3) is 0.294. The number of hydrogen-bond acceptors (Lipinski definition) is 4. The van der Waals surface area contributed by atoms with Crippen molar-refractivity contribution in [2.24, 2.45) is 0 Å². The first-order valence-corrected chi connectivity index (χ1v) is 8.36. The molecule has 1 saturated heterocycles. The van der Waals surface area contributed by atoms with Crippen LogP contribution in [0, 0.1) is 0 Å². The van der Waals surface area contributed by atoms with Gasteiger partial charge in [0.2, 0.25) is 11.8 Å². The molecule has 6 heteroatoms. The van der Waals surface area contributed by atoms with Gasteiger partial charge in [-0.3, -0.25) is 9.59 Å². The number of carbonyl (C=O) groups is 2. The minimum absolute atomic E-state index is 0.0729. The summed E-state index contributed by atoms with van der Waals surface area (Å²) in [5.41, 5.74) is 1.38. The molecule has 0 atom stereocenters. The molecule has 1 aliphatic rings. The summed E-state index contributed by atoms with van der Waals surface area (Å²) in [5, 5.41) is 4.84. The first-order valence-electron chi connectivity index (χ1n) is 7.48. The molecule has 1 aromatic heterocycles. The second kappa shape index (κ2) is 6.83. The van der Waals surface area contributed by atoms with Crippen molar-refractivity contribution in [1.82, 2.24) is 0 Å². The van der Waals surface area contributed by atoms with Crippen LogP contribution in [0.3, 0.4) is 0 Å². The number of amides is 2. The van der Waals surface area contributed by atoms with Crippen LogP contribution in [0.2, 0.25) is 0 Å². The van der Waals surface area contributed by atoms with E-state index in [-0.39, 0.29) is 11.8 Å². The van der Waals surface area contributed by atoms with E-state index in [4.69, 9.17) is 4.74 Å². The minimum Gasteiger partial charge on any atom is -0.495 e. The fourth-order valence-corrected chi connectivity index (χ4v) is 3.36. The molecule has 0 bridgehead atoms. The molecule has 5 nitrogen and oxygen atoms in total. The Hall–Kier alpha value is -2.34. The van der Waals surface area contributed by atoms with Gasteiger partial charge in [0, 0.05) is 23.5 Å². The van der Waals surface area contributed by atoms with E-state index in [9.17, 15) is 9.59 Å². The molecule has 1 N–H and O–H groups in total. The van der Waals surface area contributed by atoms with E-state index in [0.29, 0.717) is 36.5 Å². The Balaban J connectivity index is 1.77. The molecular weight excluding hydrogens is 312 g/mol. The topological polar surface area (TPSA) is 58.6 Å². The third-order valence-corrected chi connectivity index (χ3v) is 4.62. The van der Waals surface area contributed by atoms with Gasteiger partial charge in [-0.1, -0.05) is 6.07 Å². The zero-order valence-electron chi connectivity index (χ0n) is 12.9. The minimum atomic E-state index is -0.0729. The van der Waals surface area contributed by atoms with Gasteiger partial charge < -0.3 is 15.0 Å². The number of anilines is 2. The SMILES string of the molecule is COc1ccc(NC(=O)Cc2cccs2)cc1N1CCCC1=O. The smallest absolute Gasteiger partial charge is 0.229 e. The maximum absolute atomic E-state index is 12.1. The molecule has 3 rings (SSSR count). The number of ether oxygens (including phenoxy) is 1. The standard InChI is InChI=1S/C17H18N2O3S/c1-22-15-7-6-12(10-14(15)19-8-2-5-17(19)21)18-16(20)11-13-4-3-9-23-13/h3-4,6-7,9-10H,2,5,8,11H2,1H3,(H,18,20). The summed E-state index contributed by atoms with van der Waals surface area (Å²) in [6, 6.07) is 9.23. The van der Waals surface area contributed by atoms with Gasteiger partial charge in [0.15, 0.2) is 0 Å². The average molecular weight is 330 g/mol. The molecule has 2 aromatic rings. The maximum atomic E-state index is 12.1. The molecule has 120 valence electrons. The monoisotopic (exact) mass is 330 g/mol. The van der Waals surface area contributed by atoms with E-state index in [0.717, 1.165) is 11.3 Å². The molecule has 1 aliphatic heterocycles. The molecule has 23 heavy (non-hydrogen) atoms. The van der Waals surface area contributed by atoms with Crippen LogP contribution < -0.4 is 15.0 Å². The average Bonchev–Trinajstić information content (AvgIpc) is 3.18. The number of thiophene rings is 1. The molecule has 0 unspecified atom stereocenters. The number of nitrogens with zero attached hydrogens (tertiary/aromatic N) is 1. The molecule has 2 heterocycles. The van der Waals surface area contributed by atoms with E-state index in [1.165, 1.54) is 0 Å². The summed E-state index contributed by atoms with van der Waals surface area (Å²) >= 11 is 1.56. The van der Waals surface area contributed by atoms with Crippen LogP contribution in [-0.4, -0.2) is 25.5 Å². The van der Waals surface area contributed by atoms with E-state index < -0.39 is 0 Å². The van der Waals surface area contributed by atoms with Crippen LogP contribution in [-0.2, 0) is 16.0 Å². The third-order valence-electron chi connectivity index (χ3n) is 3.74. The zero-order chi connectivity index (χ0) is 16.2. The second-order valence-corrected chi connectivity index (χ2v) is 6.37. The van der Waals surface area contributed by atoms with Crippen molar-refractivity contribution in [2.75, 3.05) is 23.9 Å². The molecule has 1 aromatic carbocycles. The Bertz CT molecular complexity index is 713. The van der Waals surface area contributed by atoms with Gasteiger partial charge in [-0.05, 0) is 36.1 Å². The molecule has 0 radical (unpaired) electrons. The van der Waals surface area contributed by atoms with Gasteiger partial charge in [0.1, 0.15) is 5.75 Å². The predicted octanol–water partition coefficient (Wildman–Crippen LogP) is 3.06. The maximum Gasteiger partial charge on any atom is 0.229 e. The van der Waals surface area contributed by atoms with Crippen molar-refractivity contribution in [3.05, 3.63) is 40.6 Å². The number of benzene rings is 1. The summed E-state index contributed by atoms with van der Waals surface area (Å²) in [5.74, 6) is 0.651. The van der Waals surface area contributed by atoms with Gasteiger partial charge in [-0.25, -0.2) is 0 Å². The Morgan fingerprint density at radius 3 is 2.91 bits per heavy atom. The number of hydrogen-bond donors (Lipinski definition) is 1. The Morgan fingerprint density at radius 1 is 1.39 bits per heavy atom. The van der Waals surface area contributed by atoms with Crippen LogP contribution in [0.1, 0.15) is 17.7 Å². The highest BCUT2D eigenvalue weighted by molar-refractivity contribution is 7.10. The second-order valence-electron chi connectivity index (χ2n) is 5.34. The molecule has 1 fully saturated rings. The van der Waals surface area contributed by atoms with Crippen molar-refractivity contribution in [2.45, 2.75) is 19.3 Å². The highest BCUT2D eigenvalue weighted by Gasteiger charge is 2.24. The van der Waals surface area contributed by atoms with E-state index in [2.05, 4.69) is 5.32 Å². The molecule has 0 aliphatic carbocycles. The normalized spacial score (nSPS) is 14.1. The van der Waals surface area contributed by atoms with Gasteiger partial charge in [0.05, 0.1) is 19.2 Å². The Morgan fingerprint density at radius 2 is 2.26 bits per heavy atom. The van der Waals surface area contributed by atoms with Crippen molar-refractivity contribution in [3.8, 4) is 5.75 Å². The van der Waals surface area contributed by atoms with Gasteiger partial charge in [0.25, 0.3) is 0 Å². The van der Waals surface area contributed by atoms with Crippen LogP contribution in [0.4, 0.5) is 11.4 Å². The first kappa shape index (κ1) is 15.6. The van der Waals surface area contributed by atoms with Gasteiger partial charge >= 0.3 is 0 Å². The fourth-order valence-electron chi connectivity index (χ4n) is 2.66. The van der Waals surface area contributed by atoms with Crippen LogP contribution in [0.15, 0.2) is 35.7 Å². The van der Waals surface area contributed by atoms with Crippen LogP contribution >= 0.6 is 11.3 Å². The Kier molecular flexibility index (Phi) is 4.62. The van der Waals surface area contributed by atoms with Crippen molar-refractivity contribution < 1.29 is 14.3 Å². The largest absolute Gasteiger partial charge is 0.495 e. The van der Waals surface area contributed by atoms with Crippen LogP contribution in [0.25, 0.3) is 0 Å². The van der Waals surface area contributed by atoms with E-state index in [1.54, 1.807) is 41.5 Å². The molecular formula is C17H18N2O3S. The molecule has 0 spiro atoms. The highest BCUT2D eigenvalue weighted by atomic mass is 32.1. The number of rotatable bonds is 5. The summed E-state index contributed by atoms with van der Waals surface area (Å²) in [6.07, 6.45) is 1.75. The number of nitrogens with one attached hydrogen (secondary N) is 1. The third kappa shape index (κ3) is 3.53. The van der Waals surface area contributed by atoms with E-state index in [1.807, 2.05) is 17.5 Å². The lowest BCUT2D eigenvalue weighted by atomic mass is 10.2.